The molecule has 2 rings (SSSR count). The van der Waals surface area contributed by atoms with Crippen molar-refractivity contribution in [3.63, 3.8) is 0 Å². The monoisotopic (exact) mass is 312 g/mol. The number of halogens is 2. The first kappa shape index (κ1) is 15.5. The Bertz CT molecular complexity index is 689. The molecule has 0 saturated carbocycles. The van der Waals surface area contributed by atoms with E-state index in [1.807, 2.05) is 5.32 Å². The van der Waals surface area contributed by atoms with Crippen molar-refractivity contribution in [1.82, 2.24) is 10.6 Å². The molecule has 0 bridgehead atoms. The number of carboxylic acids is 1. The molecule has 1 fully saturated rings. The number of aromatic carboxylic acids is 1. The van der Waals surface area contributed by atoms with E-state index in [0.29, 0.717) is 6.07 Å². The number of amides is 3. The quantitative estimate of drug-likeness (QED) is 0.690. The maximum absolute atomic E-state index is 13.7. The van der Waals surface area contributed by atoms with Crippen molar-refractivity contribution in [1.29, 1.82) is 0 Å². The molecule has 7 nitrogen and oxygen atoms in total. The van der Waals surface area contributed by atoms with E-state index in [-0.39, 0.29) is 12.8 Å². The van der Waals surface area contributed by atoms with E-state index >= 15 is 0 Å². The lowest BCUT2D eigenvalue weighted by Crippen LogP contribution is -2.52. The summed E-state index contributed by atoms with van der Waals surface area (Å²) in [6.45, 7) is 0. The van der Waals surface area contributed by atoms with Gasteiger partial charge in [0.05, 0.1) is 11.1 Å². The highest BCUT2D eigenvalue weighted by molar-refractivity contribution is 6.07. The third kappa shape index (κ3) is 2.92. The second-order valence-corrected chi connectivity index (χ2v) is 4.57. The molecule has 0 aromatic heterocycles. The van der Waals surface area contributed by atoms with Crippen LogP contribution in [0, 0.1) is 11.6 Å². The Morgan fingerprint density at radius 1 is 1.27 bits per heavy atom. The van der Waals surface area contributed by atoms with Crippen LogP contribution in [0.3, 0.4) is 0 Å². The van der Waals surface area contributed by atoms with Crippen molar-refractivity contribution in [2.75, 3.05) is 0 Å². The zero-order valence-electron chi connectivity index (χ0n) is 11.0. The Morgan fingerprint density at radius 2 is 1.95 bits per heavy atom. The van der Waals surface area contributed by atoms with Crippen molar-refractivity contribution in [2.24, 2.45) is 0 Å². The zero-order valence-corrected chi connectivity index (χ0v) is 11.0. The van der Waals surface area contributed by atoms with Gasteiger partial charge < -0.3 is 10.4 Å². The van der Waals surface area contributed by atoms with Gasteiger partial charge in [0.25, 0.3) is 5.91 Å². The van der Waals surface area contributed by atoms with E-state index in [4.69, 9.17) is 5.11 Å². The lowest BCUT2D eigenvalue weighted by atomic mass is 10.0. The first-order valence-corrected chi connectivity index (χ1v) is 6.17. The van der Waals surface area contributed by atoms with Gasteiger partial charge in [0.1, 0.15) is 6.04 Å². The molecule has 3 amide bonds. The minimum Gasteiger partial charge on any atom is -0.478 e. The van der Waals surface area contributed by atoms with Crippen LogP contribution in [0.2, 0.25) is 0 Å². The van der Waals surface area contributed by atoms with Gasteiger partial charge in [-0.05, 0) is 18.6 Å². The summed E-state index contributed by atoms with van der Waals surface area (Å²) >= 11 is 0. The largest absolute Gasteiger partial charge is 0.478 e. The van der Waals surface area contributed by atoms with E-state index < -0.39 is 52.5 Å². The predicted octanol–water partition coefficient (Wildman–Crippen LogP) is 0.198. The van der Waals surface area contributed by atoms with Crippen molar-refractivity contribution in [2.45, 2.75) is 18.9 Å². The highest BCUT2D eigenvalue weighted by Gasteiger charge is 2.31. The lowest BCUT2D eigenvalue weighted by molar-refractivity contribution is -0.134. The second kappa shape index (κ2) is 5.88. The van der Waals surface area contributed by atoms with Crippen LogP contribution in [-0.2, 0) is 9.59 Å². The number of carbonyl (C=O) groups excluding carboxylic acids is 3. The number of piperidine rings is 1. The summed E-state index contributed by atoms with van der Waals surface area (Å²) in [7, 11) is 0. The highest BCUT2D eigenvalue weighted by Crippen LogP contribution is 2.18. The summed E-state index contributed by atoms with van der Waals surface area (Å²) in [5.74, 6) is -7.18. The van der Waals surface area contributed by atoms with Crippen LogP contribution in [0.25, 0.3) is 0 Å². The van der Waals surface area contributed by atoms with Crippen molar-refractivity contribution >= 4 is 23.7 Å². The van der Waals surface area contributed by atoms with Gasteiger partial charge in [-0.3, -0.25) is 19.7 Å². The Labute approximate surface area is 122 Å². The number of benzene rings is 1. The standard InChI is InChI=1S/C13H10F2N2O5/c14-6-2-1-5(13(21)22)9(10(6)15)12(20)16-7-3-4-8(18)17-11(7)19/h1-2,7H,3-4H2,(H,16,20)(H,21,22)(H,17,18,19). The Morgan fingerprint density at radius 3 is 2.55 bits per heavy atom. The SMILES string of the molecule is O=C1CCC(NC(=O)c2c(C(=O)O)ccc(F)c2F)C(=O)N1. The summed E-state index contributed by atoms with van der Waals surface area (Å²) in [6, 6.07) is 0.205. The summed E-state index contributed by atoms with van der Waals surface area (Å²) < 4.78 is 27.0. The van der Waals surface area contributed by atoms with Gasteiger partial charge in [0.2, 0.25) is 11.8 Å². The molecule has 0 aliphatic carbocycles. The first-order valence-electron chi connectivity index (χ1n) is 6.17. The molecule has 0 spiro atoms. The molecule has 1 aliphatic rings. The van der Waals surface area contributed by atoms with Crippen molar-refractivity contribution in [3.8, 4) is 0 Å². The van der Waals surface area contributed by atoms with E-state index in [9.17, 15) is 28.0 Å². The van der Waals surface area contributed by atoms with Crippen LogP contribution in [0.4, 0.5) is 8.78 Å². The van der Waals surface area contributed by atoms with Crippen LogP contribution in [0.1, 0.15) is 33.6 Å². The summed E-state index contributed by atoms with van der Waals surface area (Å²) in [6.07, 6.45) is -0.0517. The molecule has 1 atom stereocenters. The maximum atomic E-state index is 13.7. The van der Waals surface area contributed by atoms with Gasteiger partial charge in [0.15, 0.2) is 11.6 Å². The topological polar surface area (TPSA) is 113 Å². The Balaban J connectivity index is 2.30. The van der Waals surface area contributed by atoms with E-state index in [0.717, 1.165) is 6.07 Å². The number of hydrogen-bond acceptors (Lipinski definition) is 4. The molecule has 1 aliphatic heterocycles. The molecule has 9 heteroatoms. The van der Waals surface area contributed by atoms with Gasteiger partial charge in [0, 0.05) is 6.42 Å². The molecule has 116 valence electrons. The van der Waals surface area contributed by atoms with Crippen molar-refractivity contribution < 1.29 is 33.1 Å². The fourth-order valence-electron chi connectivity index (χ4n) is 2.01. The molecule has 22 heavy (non-hydrogen) atoms. The first-order chi connectivity index (χ1) is 10.3. The van der Waals surface area contributed by atoms with Crippen LogP contribution < -0.4 is 10.6 Å². The summed E-state index contributed by atoms with van der Waals surface area (Å²) in [4.78, 5) is 45.5. The third-order valence-electron chi connectivity index (χ3n) is 3.10. The van der Waals surface area contributed by atoms with Crippen LogP contribution in [-0.4, -0.2) is 34.8 Å². The fourth-order valence-corrected chi connectivity index (χ4v) is 2.01. The van der Waals surface area contributed by atoms with Gasteiger partial charge in [-0.15, -0.1) is 0 Å². The molecular formula is C13H10F2N2O5. The average Bonchev–Trinajstić information content (AvgIpc) is 2.44. The molecule has 1 unspecified atom stereocenters. The van der Waals surface area contributed by atoms with E-state index in [2.05, 4.69) is 5.32 Å². The zero-order chi connectivity index (χ0) is 16.4. The molecule has 1 aromatic rings. The normalized spacial score (nSPS) is 17.8. The Kier molecular flexibility index (Phi) is 4.15. The minimum absolute atomic E-state index is 0.0181. The van der Waals surface area contributed by atoms with Crippen LogP contribution in [0.5, 0.6) is 0 Å². The van der Waals surface area contributed by atoms with Gasteiger partial charge in [-0.1, -0.05) is 0 Å². The highest BCUT2D eigenvalue weighted by atomic mass is 19.2. The van der Waals surface area contributed by atoms with Gasteiger partial charge in [-0.2, -0.15) is 0 Å². The summed E-state index contributed by atoms with van der Waals surface area (Å²) in [5, 5.41) is 13.0. The van der Waals surface area contributed by atoms with Crippen LogP contribution >= 0.6 is 0 Å². The van der Waals surface area contributed by atoms with Gasteiger partial charge in [-0.25, -0.2) is 13.6 Å². The second-order valence-electron chi connectivity index (χ2n) is 4.57. The molecule has 1 aromatic carbocycles. The maximum Gasteiger partial charge on any atom is 0.336 e. The third-order valence-corrected chi connectivity index (χ3v) is 3.10. The van der Waals surface area contributed by atoms with E-state index in [1.54, 1.807) is 0 Å². The van der Waals surface area contributed by atoms with Gasteiger partial charge >= 0.3 is 5.97 Å². The average molecular weight is 312 g/mol. The lowest BCUT2D eigenvalue weighted by Gasteiger charge is -2.22. The molecular weight excluding hydrogens is 302 g/mol. The number of carbonyl (C=O) groups is 4. The molecule has 3 N–H and O–H groups in total. The number of carboxylic acid groups (broad SMARTS) is 1. The molecule has 1 saturated heterocycles. The fraction of sp³-hybridized carbons (Fsp3) is 0.231. The van der Waals surface area contributed by atoms with E-state index in [1.165, 1.54) is 0 Å². The number of imide groups is 1. The van der Waals surface area contributed by atoms with Crippen LogP contribution in [0.15, 0.2) is 12.1 Å². The molecule has 0 radical (unpaired) electrons. The minimum atomic E-state index is -1.62. The number of hydrogen-bond donors (Lipinski definition) is 3. The smallest absolute Gasteiger partial charge is 0.336 e. The molecule has 1 heterocycles. The number of rotatable bonds is 3. The number of nitrogens with one attached hydrogen (secondary N) is 2. The summed E-state index contributed by atoms with van der Waals surface area (Å²) in [5.41, 5.74) is -1.74. The van der Waals surface area contributed by atoms with Crippen molar-refractivity contribution in [3.05, 3.63) is 34.9 Å². The predicted molar refractivity (Wildman–Crippen MR) is 67.0 cm³/mol. The Hall–Kier alpha value is -2.84.